The Morgan fingerprint density at radius 3 is 2.48 bits per heavy atom. The molecule has 0 radical (unpaired) electrons. The molecule has 0 spiro atoms. The minimum atomic E-state index is -0.357. The van der Waals surface area contributed by atoms with Gasteiger partial charge in [-0.3, -0.25) is 9.36 Å². The lowest BCUT2D eigenvalue weighted by atomic mass is 10.2. The number of imidazole rings is 1. The molecule has 0 aliphatic rings. The highest BCUT2D eigenvalue weighted by Gasteiger charge is 2.21. The van der Waals surface area contributed by atoms with Gasteiger partial charge in [0.15, 0.2) is 0 Å². The summed E-state index contributed by atoms with van der Waals surface area (Å²) in [5.41, 5.74) is 2.45. The van der Waals surface area contributed by atoms with Crippen molar-refractivity contribution in [2.75, 3.05) is 11.9 Å². The lowest BCUT2D eigenvalue weighted by Crippen LogP contribution is -2.30. The van der Waals surface area contributed by atoms with Gasteiger partial charge in [-0.2, -0.15) is 0 Å². The van der Waals surface area contributed by atoms with Crippen molar-refractivity contribution in [2.45, 2.75) is 27.7 Å². The molecule has 1 aromatic heterocycles. The van der Waals surface area contributed by atoms with Gasteiger partial charge in [0.25, 0.3) is 0 Å². The number of nitrogens with zero attached hydrogens (tertiary/aromatic N) is 2. The molecule has 0 fully saturated rings. The Balaban J connectivity index is 2.82. The van der Waals surface area contributed by atoms with Crippen molar-refractivity contribution < 1.29 is 4.79 Å². The average molecular weight is 287 g/mol. The molecular weight excluding hydrogens is 266 g/mol. The minimum absolute atomic E-state index is 0.207. The molecule has 0 bridgehead atoms. The molecule has 0 unspecified atom stereocenters. The molecule has 5 heteroatoms. The molecule has 1 heterocycles. The van der Waals surface area contributed by atoms with Gasteiger partial charge in [0.2, 0.25) is 5.91 Å². The van der Waals surface area contributed by atoms with Gasteiger partial charge in [-0.1, -0.05) is 20.4 Å². The molecule has 112 valence electrons. The monoisotopic (exact) mass is 287 g/mol. The summed E-state index contributed by atoms with van der Waals surface area (Å²) in [5.74, 6) is -0.457. The van der Waals surface area contributed by atoms with E-state index in [-0.39, 0.29) is 17.5 Å². The summed E-state index contributed by atoms with van der Waals surface area (Å²) >= 11 is 0. The third kappa shape index (κ3) is 2.51. The average Bonchev–Trinajstić information content (AvgIpc) is 2.69. The summed E-state index contributed by atoms with van der Waals surface area (Å²) in [6.45, 7) is 12.0. The largest absolute Gasteiger partial charge is 0.385 e. The van der Waals surface area contributed by atoms with Crippen LogP contribution in [0.3, 0.4) is 0 Å². The van der Waals surface area contributed by atoms with E-state index in [0.717, 1.165) is 12.2 Å². The fourth-order valence-corrected chi connectivity index (χ4v) is 2.35. The lowest BCUT2D eigenvalue weighted by Gasteiger charge is -2.06. The molecule has 2 rings (SSSR count). The zero-order valence-corrected chi connectivity index (χ0v) is 12.9. The maximum atomic E-state index is 12.6. The second-order valence-corrected chi connectivity index (χ2v) is 5.42. The summed E-state index contributed by atoms with van der Waals surface area (Å²) in [6, 6.07) is 5.55. The molecular formula is C16H21N3O2. The quantitative estimate of drug-likeness (QED) is 0.940. The number of allylic oxidation sites excluding steroid dienone is 1. The number of aromatic nitrogens is 2. The van der Waals surface area contributed by atoms with Crippen LogP contribution >= 0.6 is 0 Å². The number of nitrogens with one attached hydrogen (secondary N) is 1. The van der Waals surface area contributed by atoms with Crippen LogP contribution in [-0.4, -0.2) is 21.6 Å². The fourth-order valence-electron chi connectivity index (χ4n) is 2.35. The van der Waals surface area contributed by atoms with Crippen molar-refractivity contribution in [3.63, 3.8) is 0 Å². The van der Waals surface area contributed by atoms with Crippen LogP contribution in [0.1, 0.15) is 32.5 Å². The number of rotatable bonds is 4. The molecule has 5 nitrogen and oxygen atoms in total. The van der Waals surface area contributed by atoms with Crippen molar-refractivity contribution in [3.05, 3.63) is 35.3 Å². The van der Waals surface area contributed by atoms with E-state index in [1.807, 2.05) is 19.1 Å². The van der Waals surface area contributed by atoms with Crippen molar-refractivity contribution in [3.8, 4) is 0 Å². The molecule has 0 saturated carbocycles. The molecule has 0 amide bonds. The van der Waals surface area contributed by atoms with E-state index in [0.29, 0.717) is 16.7 Å². The zero-order chi connectivity index (χ0) is 15.7. The fraction of sp³-hybridized carbons (Fsp3) is 0.375. The summed E-state index contributed by atoms with van der Waals surface area (Å²) < 4.78 is 2.72. The first-order valence-corrected chi connectivity index (χ1v) is 7.10. The predicted octanol–water partition coefficient (Wildman–Crippen LogP) is 3.02. The number of benzene rings is 1. The number of carbonyl (C=O) groups excluding carboxylic acids is 1. The van der Waals surface area contributed by atoms with Gasteiger partial charge in [-0.25, -0.2) is 9.36 Å². The Bertz CT molecular complexity index is 766. The Morgan fingerprint density at radius 2 is 1.95 bits per heavy atom. The Hall–Kier alpha value is -2.30. The van der Waals surface area contributed by atoms with E-state index >= 15 is 0 Å². The number of fused-ring (bicyclic) bond motifs is 1. The maximum absolute atomic E-state index is 12.6. The molecule has 0 aliphatic heterocycles. The molecule has 0 saturated heterocycles. The molecule has 1 N–H and O–H groups in total. The van der Waals surface area contributed by atoms with Gasteiger partial charge in [0.05, 0.1) is 11.0 Å². The van der Waals surface area contributed by atoms with Gasteiger partial charge in [0.1, 0.15) is 0 Å². The van der Waals surface area contributed by atoms with Crippen LogP contribution in [0, 0.1) is 5.92 Å². The van der Waals surface area contributed by atoms with E-state index in [4.69, 9.17) is 0 Å². The second kappa shape index (κ2) is 5.60. The van der Waals surface area contributed by atoms with Crippen LogP contribution in [0.5, 0.6) is 0 Å². The van der Waals surface area contributed by atoms with E-state index in [1.54, 1.807) is 26.8 Å². The third-order valence-electron chi connectivity index (χ3n) is 3.32. The maximum Gasteiger partial charge on any atom is 0.340 e. The molecule has 21 heavy (non-hydrogen) atoms. The van der Waals surface area contributed by atoms with E-state index in [2.05, 4.69) is 11.9 Å². The van der Waals surface area contributed by atoms with Gasteiger partial charge in [0, 0.05) is 23.8 Å². The van der Waals surface area contributed by atoms with Gasteiger partial charge < -0.3 is 5.32 Å². The molecule has 0 atom stereocenters. The number of hydrogen-bond donors (Lipinski definition) is 1. The Morgan fingerprint density at radius 1 is 1.29 bits per heavy atom. The zero-order valence-electron chi connectivity index (χ0n) is 12.9. The highest BCUT2D eigenvalue weighted by molar-refractivity contribution is 5.93. The van der Waals surface area contributed by atoms with Crippen LogP contribution in [0.25, 0.3) is 16.7 Å². The molecule has 2 aromatic rings. The first kappa shape index (κ1) is 15.1. The lowest BCUT2D eigenvalue weighted by molar-refractivity contribution is 0.0856. The van der Waals surface area contributed by atoms with Gasteiger partial charge in [-0.05, 0) is 32.0 Å². The summed E-state index contributed by atoms with van der Waals surface area (Å²) in [7, 11) is 0. The van der Waals surface area contributed by atoms with E-state index in [1.165, 1.54) is 9.13 Å². The summed E-state index contributed by atoms with van der Waals surface area (Å²) in [4.78, 5) is 24.9. The van der Waals surface area contributed by atoms with Crippen molar-refractivity contribution >= 4 is 28.3 Å². The normalized spacial score (nSPS) is 11.1. The van der Waals surface area contributed by atoms with Crippen molar-refractivity contribution in [1.82, 2.24) is 9.13 Å². The molecule has 1 aromatic carbocycles. The number of hydrogen-bond acceptors (Lipinski definition) is 3. The SMILES string of the molecule is C=C(C)n1c(=O)n(C(=O)C(C)C)c2ccc(NCC)cc21. The number of anilines is 1. The summed E-state index contributed by atoms with van der Waals surface area (Å²) in [6.07, 6.45) is 0. The topological polar surface area (TPSA) is 56.0 Å². The van der Waals surface area contributed by atoms with Crippen LogP contribution in [0.4, 0.5) is 5.69 Å². The predicted molar refractivity (Wildman–Crippen MR) is 86.8 cm³/mol. The standard InChI is InChI=1S/C16H21N3O2/c1-6-17-12-7-8-13-14(9-12)18(11(4)5)16(21)19(13)15(20)10(2)3/h7-10,17H,4,6H2,1-3,5H3. The van der Waals surface area contributed by atoms with Crippen LogP contribution in [-0.2, 0) is 0 Å². The minimum Gasteiger partial charge on any atom is -0.385 e. The van der Waals surface area contributed by atoms with E-state index in [9.17, 15) is 9.59 Å². The van der Waals surface area contributed by atoms with Crippen LogP contribution in [0.2, 0.25) is 0 Å². The first-order chi connectivity index (χ1) is 9.88. The highest BCUT2D eigenvalue weighted by atomic mass is 16.2. The first-order valence-electron chi connectivity index (χ1n) is 7.10. The van der Waals surface area contributed by atoms with E-state index < -0.39 is 0 Å². The van der Waals surface area contributed by atoms with Crippen molar-refractivity contribution in [2.24, 2.45) is 5.92 Å². The second-order valence-electron chi connectivity index (χ2n) is 5.42. The molecule has 0 aliphatic carbocycles. The Labute approximate surface area is 123 Å². The number of carbonyl (C=O) groups is 1. The highest BCUT2D eigenvalue weighted by Crippen LogP contribution is 2.21. The van der Waals surface area contributed by atoms with Gasteiger partial charge in [-0.15, -0.1) is 0 Å². The van der Waals surface area contributed by atoms with Gasteiger partial charge >= 0.3 is 5.69 Å². The van der Waals surface area contributed by atoms with Crippen molar-refractivity contribution in [1.29, 1.82) is 0 Å². The summed E-state index contributed by atoms with van der Waals surface area (Å²) in [5, 5.41) is 3.21. The third-order valence-corrected chi connectivity index (χ3v) is 3.32. The van der Waals surface area contributed by atoms with Crippen LogP contribution < -0.4 is 11.0 Å². The Kier molecular flexibility index (Phi) is 4.02. The smallest absolute Gasteiger partial charge is 0.340 e. The van der Waals surface area contributed by atoms with Crippen LogP contribution in [0.15, 0.2) is 29.6 Å².